The normalized spacial score (nSPS) is 14.4. The standard InChI is InChI=1S/C25H24N2O5S/c1-5-12-32-19-11-10-18(13-20(19)31-6-2)14-21-24(29)27(25(30)33-21)15-22(28)26-23-16(3)8-7-9-17(23)4/h1,7-11,13-14H,6,12,15H2,2-4H3,(H,26,28)/b21-14+. The Morgan fingerprint density at radius 3 is 2.55 bits per heavy atom. The van der Waals surface area contributed by atoms with Crippen LogP contribution in [0.15, 0.2) is 41.3 Å². The summed E-state index contributed by atoms with van der Waals surface area (Å²) in [5.74, 6) is 2.41. The molecule has 1 fully saturated rings. The molecule has 170 valence electrons. The van der Waals surface area contributed by atoms with Crippen LogP contribution in [-0.4, -0.2) is 41.7 Å². The van der Waals surface area contributed by atoms with Crippen LogP contribution in [0.25, 0.3) is 6.08 Å². The molecule has 2 aromatic rings. The first kappa shape index (κ1) is 24.0. The second kappa shape index (κ2) is 10.7. The number of nitrogens with one attached hydrogen (secondary N) is 1. The van der Waals surface area contributed by atoms with Gasteiger partial charge in [-0.05, 0) is 67.4 Å². The Labute approximate surface area is 197 Å². The maximum Gasteiger partial charge on any atom is 0.294 e. The average Bonchev–Trinajstić information content (AvgIpc) is 3.03. The summed E-state index contributed by atoms with van der Waals surface area (Å²) in [7, 11) is 0. The topological polar surface area (TPSA) is 84.9 Å². The number of aryl methyl sites for hydroxylation is 2. The van der Waals surface area contributed by atoms with Crippen LogP contribution >= 0.6 is 11.8 Å². The molecule has 0 atom stereocenters. The van der Waals surface area contributed by atoms with Gasteiger partial charge in [0.25, 0.3) is 11.1 Å². The molecule has 0 spiro atoms. The molecule has 1 aliphatic heterocycles. The summed E-state index contributed by atoms with van der Waals surface area (Å²) >= 11 is 0.788. The molecule has 3 rings (SSSR count). The molecule has 0 saturated carbocycles. The van der Waals surface area contributed by atoms with Crippen LogP contribution in [0, 0.1) is 26.2 Å². The number of ether oxygens (including phenoxy) is 2. The molecular formula is C25H24N2O5S. The number of hydrogen-bond acceptors (Lipinski definition) is 6. The molecule has 0 unspecified atom stereocenters. The molecule has 0 aromatic heterocycles. The zero-order valence-electron chi connectivity index (χ0n) is 18.6. The monoisotopic (exact) mass is 464 g/mol. The minimum Gasteiger partial charge on any atom is -0.490 e. The number of thioether (sulfide) groups is 1. The lowest BCUT2D eigenvalue weighted by Gasteiger charge is -2.15. The molecule has 8 heteroatoms. The molecule has 0 radical (unpaired) electrons. The van der Waals surface area contributed by atoms with E-state index in [-0.39, 0.29) is 18.1 Å². The maximum absolute atomic E-state index is 12.8. The van der Waals surface area contributed by atoms with Gasteiger partial charge in [0.05, 0.1) is 11.5 Å². The number of nitrogens with zero attached hydrogens (tertiary/aromatic N) is 1. The number of terminal acetylenes is 1. The van der Waals surface area contributed by atoms with Crippen LogP contribution in [0.1, 0.15) is 23.6 Å². The summed E-state index contributed by atoms with van der Waals surface area (Å²) in [5, 5.41) is 2.30. The van der Waals surface area contributed by atoms with Crippen molar-refractivity contribution in [2.24, 2.45) is 0 Å². The summed E-state index contributed by atoms with van der Waals surface area (Å²) in [6.45, 7) is 5.76. The van der Waals surface area contributed by atoms with Gasteiger partial charge in [-0.3, -0.25) is 19.3 Å². The second-order valence-corrected chi connectivity index (χ2v) is 8.21. The Balaban J connectivity index is 1.75. The molecule has 1 aliphatic rings. The molecule has 3 amide bonds. The zero-order chi connectivity index (χ0) is 24.0. The van der Waals surface area contributed by atoms with Gasteiger partial charge in [0.2, 0.25) is 5.91 Å². The van der Waals surface area contributed by atoms with E-state index in [1.807, 2.05) is 39.0 Å². The van der Waals surface area contributed by atoms with Crippen molar-refractivity contribution >= 4 is 40.6 Å². The van der Waals surface area contributed by atoms with Gasteiger partial charge in [-0.1, -0.05) is 30.2 Å². The Morgan fingerprint density at radius 2 is 1.88 bits per heavy atom. The summed E-state index contributed by atoms with van der Waals surface area (Å²) < 4.78 is 11.1. The Hall–Kier alpha value is -3.70. The van der Waals surface area contributed by atoms with E-state index >= 15 is 0 Å². The van der Waals surface area contributed by atoms with E-state index in [0.717, 1.165) is 27.8 Å². The Morgan fingerprint density at radius 1 is 1.15 bits per heavy atom. The van der Waals surface area contributed by atoms with E-state index in [2.05, 4.69) is 11.2 Å². The van der Waals surface area contributed by atoms with Crippen molar-refractivity contribution in [3.05, 3.63) is 58.0 Å². The number of anilines is 1. The largest absolute Gasteiger partial charge is 0.490 e. The highest BCUT2D eigenvalue weighted by molar-refractivity contribution is 8.18. The predicted molar refractivity (Wildman–Crippen MR) is 129 cm³/mol. The van der Waals surface area contributed by atoms with Crippen molar-refractivity contribution in [3.63, 3.8) is 0 Å². The summed E-state index contributed by atoms with van der Waals surface area (Å²) in [5.41, 5.74) is 3.13. The van der Waals surface area contributed by atoms with Gasteiger partial charge in [0, 0.05) is 5.69 Å². The molecule has 0 bridgehead atoms. The van der Waals surface area contributed by atoms with E-state index < -0.39 is 17.1 Å². The highest BCUT2D eigenvalue weighted by atomic mass is 32.2. The van der Waals surface area contributed by atoms with Crippen LogP contribution in [0.3, 0.4) is 0 Å². The summed E-state index contributed by atoms with van der Waals surface area (Å²) in [6.07, 6.45) is 6.83. The first-order valence-electron chi connectivity index (χ1n) is 10.3. The first-order valence-corrected chi connectivity index (χ1v) is 11.1. The number of hydrogen-bond donors (Lipinski definition) is 1. The van der Waals surface area contributed by atoms with Crippen LogP contribution in [0.5, 0.6) is 11.5 Å². The van der Waals surface area contributed by atoms with Gasteiger partial charge in [-0.2, -0.15) is 0 Å². The minimum atomic E-state index is -0.521. The van der Waals surface area contributed by atoms with Gasteiger partial charge in [-0.15, -0.1) is 6.42 Å². The smallest absolute Gasteiger partial charge is 0.294 e. The lowest BCUT2D eigenvalue weighted by molar-refractivity contribution is -0.127. The average molecular weight is 465 g/mol. The van der Waals surface area contributed by atoms with Crippen LogP contribution in [0.4, 0.5) is 10.5 Å². The van der Waals surface area contributed by atoms with Crippen molar-refractivity contribution in [1.82, 2.24) is 4.90 Å². The third-order valence-electron chi connectivity index (χ3n) is 4.80. The van der Waals surface area contributed by atoms with Crippen molar-refractivity contribution < 1.29 is 23.9 Å². The van der Waals surface area contributed by atoms with Gasteiger partial charge in [0.1, 0.15) is 13.2 Å². The van der Waals surface area contributed by atoms with Crippen molar-refractivity contribution in [2.75, 3.05) is 25.1 Å². The molecule has 1 N–H and O–H groups in total. The second-order valence-electron chi connectivity index (χ2n) is 7.21. The van der Waals surface area contributed by atoms with Crippen LogP contribution in [0.2, 0.25) is 0 Å². The zero-order valence-corrected chi connectivity index (χ0v) is 19.5. The number of rotatable bonds is 8. The molecule has 1 saturated heterocycles. The number of benzene rings is 2. The molecule has 1 heterocycles. The van der Waals surface area contributed by atoms with E-state index in [4.69, 9.17) is 15.9 Å². The van der Waals surface area contributed by atoms with Gasteiger partial charge < -0.3 is 14.8 Å². The fraction of sp³-hybridized carbons (Fsp3) is 0.240. The van der Waals surface area contributed by atoms with E-state index in [1.165, 1.54) is 0 Å². The number of imide groups is 1. The van der Waals surface area contributed by atoms with Crippen molar-refractivity contribution in [1.29, 1.82) is 0 Å². The highest BCUT2D eigenvalue weighted by Crippen LogP contribution is 2.34. The number of para-hydroxylation sites is 1. The third-order valence-corrected chi connectivity index (χ3v) is 5.70. The number of carbonyl (C=O) groups is 3. The lowest BCUT2D eigenvalue weighted by Crippen LogP contribution is -2.36. The summed E-state index contributed by atoms with van der Waals surface area (Å²) in [6, 6.07) is 10.8. The van der Waals surface area contributed by atoms with Gasteiger partial charge >= 0.3 is 0 Å². The van der Waals surface area contributed by atoms with Crippen LogP contribution in [-0.2, 0) is 9.59 Å². The molecule has 0 aliphatic carbocycles. The van der Waals surface area contributed by atoms with E-state index in [1.54, 1.807) is 24.3 Å². The number of amides is 3. The molecule has 33 heavy (non-hydrogen) atoms. The Kier molecular flexibility index (Phi) is 7.80. The lowest BCUT2D eigenvalue weighted by atomic mass is 10.1. The molecule has 7 nitrogen and oxygen atoms in total. The van der Waals surface area contributed by atoms with Gasteiger partial charge in [-0.25, -0.2) is 0 Å². The minimum absolute atomic E-state index is 0.0996. The fourth-order valence-electron chi connectivity index (χ4n) is 3.24. The molecule has 2 aromatic carbocycles. The first-order chi connectivity index (χ1) is 15.8. The summed E-state index contributed by atoms with van der Waals surface area (Å²) in [4.78, 5) is 39.0. The number of carbonyl (C=O) groups excluding carboxylic acids is 3. The predicted octanol–water partition coefficient (Wildman–Crippen LogP) is 4.39. The van der Waals surface area contributed by atoms with Crippen molar-refractivity contribution in [2.45, 2.75) is 20.8 Å². The Bertz CT molecular complexity index is 1150. The van der Waals surface area contributed by atoms with Crippen molar-refractivity contribution in [3.8, 4) is 23.8 Å². The maximum atomic E-state index is 12.8. The highest BCUT2D eigenvalue weighted by Gasteiger charge is 2.36. The SMILES string of the molecule is C#CCOc1ccc(/C=C2/SC(=O)N(CC(=O)Nc3c(C)cccc3C)C2=O)cc1OCC. The van der Waals surface area contributed by atoms with E-state index in [9.17, 15) is 14.4 Å². The van der Waals surface area contributed by atoms with E-state index in [0.29, 0.717) is 29.4 Å². The molecular weight excluding hydrogens is 440 g/mol. The fourth-order valence-corrected chi connectivity index (χ4v) is 4.08. The van der Waals surface area contributed by atoms with Gasteiger partial charge in [0.15, 0.2) is 11.5 Å². The quantitative estimate of drug-likeness (QED) is 0.461. The van der Waals surface area contributed by atoms with Crippen LogP contribution < -0.4 is 14.8 Å². The third kappa shape index (κ3) is 5.76.